The fourth-order valence-corrected chi connectivity index (χ4v) is 1.86. The summed E-state index contributed by atoms with van der Waals surface area (Å²) < 4.78 is 4.84. The molecule has 17 heavy (non-hydrogen) atoms. The Labute approximate surface area is 103 Å². The van der Waals surface area contributed by atoms with Gasteiger partial charge in [-0.25, -0.2) is 0 Å². The fraction of sp³-hybridized carbons (Fsp3) is 0.833. The van der Waals surface area contributed by atoms with Crippen molar-refractivity contribution in [3.8, 4) is 0 Å². The van der Waals surface area contributed by atoms with Crippen molar-refractivity contribution in [3.63, 3.8) is 0 Å². The first-order valence-corrected chi connectivity index (χ1v) is 6.33. The Bertz CT molecular complexity index is 268. The van der Waals surface area contributed by atoms with Crippen molar-refractivity contribution in [2.75, 3.05) is 39.3 Å². The van der Waals surface area contributed by atoms with Crippen LogP contribution in [0.1, 0.15) is 26.7 Å². The minimum atomic E-state index is -0.317. The van der Waals surface area contributed by atoms with Gasteiger partial charge in [-0.2, -0.15) is 0 Å². The van der Waals surface area contributed by atoms with Crippen molar-refractivity contribution in [1.29, 1.82) is 0 Å². The van der Waals surface area contributed by atoms with E-state index in [-0.39, 0.29) is 18.4 Å². The third-order valence-electron chi connectivity index (χ3n) is 2.85. The summed E-state index contributed by atoms with van der Waals surface area (Å²) in [5.74, 6) is -0.289. The molecule has 0 aromatic heterocycles. The summed E-state index contributed by atoms with van der Waals surface area (Å²) in [7, 11) is 0. The van der Waals surface area contributed by atoms with Crippen LogP contribution in [0, 0.1) is 0 Å². The van der Waals surface area contributed by atoms with Crippen LogP contribution < -0.4 is 0 Å². The van der Waals surface area contributed by atoms with Gasteiger partial charge in [-0.05, 0) is 19.9 Å². The van der Waals surface area contributed by atoms with Crippen molar-refractivity contribution < 1.29 is 14.3 Å². The summed E-state index contributed by atoms with van der Waals surface area (Å²) in [4.78, 5) is 26.8. The average Bonchev–Trinajstić information content (AvgIpc) is 2.30. The van der Waals surface area contributed by atoms with Crippen LogP contribution in [-0.4, -0.2) is 61.0 Å². The molecule has 1 amide bonds. The summed E-state index contributed by atoms with van der Waals surface area (Å²) in [6.45, 7) is 7.24. The Morgan fingerprint density at radius 1 is 1.35 bits per heavy atom. The molecule has 0 spiro atoms. The molecule has 0 bridgehead atoms. The third kappa shape index (κ3) is 4.73. The lowest BCUT2D eigenvalue weighted by Gasteiger charge is -2.33. The predicted molar refractivity (Wildman–Crippen MR) is 64.6 cm³/mol. The molecule has 1 rings (SSSR count). The number of unbranched alkanes of at least 4 members (excludes halogenated alkanes) is 1. The monoisotopic (exact) mass is 242 g/mol. The zero-order valence-electron chi connectivity index (χ0n) is 10.8. The van der Waals surface area contributed by atoms with E-state index in [4.69, 9.17) is 4.74 Å². The summed E-state index contributed by atoms with van der Waals surface area (Å²) in [5.41, 5.74) is 0. The maximum absolute atomic E-state index is 11.8. The summed E-state index contributed by atoms with van der Waals surface area (Å²) in [6, 6.07) is 0. The largest absolute Gasteiger partial charge is 0.465 e. The van der Waals surface area contributed by atoms with E-state index in [0.29, 0.717) is 19.7 Å². The van der Waals surface area contributed by atoms with Crippen LogP contribution >= 0.6 is 0 Å². The van der Waals surface area contributed by atoms with E-state index < -0.39 is 0 Å². The van der Waals surface area contributed by atoms with Crippen LogP contribution in [0.3, 0.4) is 0 Å². The minimum absolute atomic E-state index is 0.0282. The molecule has 1 heterocycles. The lowest BCUT2D eigenvalue weighted by Crippen LogP contribution is -2.52. The molecule has 98 valence electrons. The highest BCUT2D eigenvalue weighted by atomic mass is 16.5. The molecule has 1 aliphatic heterocycles. The molecule has 0 saturated carbocycles. The van der Waals surface area contributed by atoms with Crippen molar-refractivity contribution >= 4 is 11.9 Å². The normalized spacial score (nSPS) is 17.3. The van der Waals surface area contributed by atoms with Gasteiger partial charge in [0, 0.05) is 13.1 Å². The summed E-state index contributed by atoms with van der Waals surface area (Å²) in [5, 5.41) is 0. The molecule has 0 radical (unpaired) electrons. The van der Waals surface area contributed by atoms with Crippen LogP contribution in [0.15, 0.2) is 0 Å². The zero-order chi connectivity index (χ0) is 12.7. The molecule has 5 nitrogen and oxygen atoms in total. The van der Waals surface area contributed by atoms with E-state index >= 15 is 0 Å². The van der Waals surface area contributed by atoms with Gasteiger partial charge in [0.1, 0.15) is 6.54 Å². The molecular weight excluding hydrogens is 220 g/mol. The van der Waals surface area contributed by atoms with Crippen molar-refractivity contribution in [3.05, 3.63) is 0 Å². The lowest BCUT2D eigenvalue weighted by atomic mass is 10.2. The third-order valence-corrected chi connectivity index (χ3v) is 2.85. The summed E-state index contributed by atoms with van der Waals surface area (Å²) >= 11 is 0. The van der Waals surface area contributed by atoms with Crippen molar-refractivity contribution in [2.45, 2.75) is 26.7 Å². The molecule has 0 atom stereocenters. The molecule has 1 saturated heterocycles. The van der Waals surface area contributed by atoms with Crippen molar-refractivity contribution in [2.24, 2.45) is 0 Å². The first-order chi connectivity index (χ1) is 8.17. The van der Waals surface area contributed by atoms with Crippen LogP contribution in [-0.2, 0) is 14.3 Å². The van der Waals surface area contributed by atoms with E-state index in [1.807, 2.05) is 0 Å². The summed E-state index contributed by atoms with van der Waals surface area (Å²) in [6.07, 6.45) is 2.25. The van der Waals surface area contributed by atoms with Gasteiger partial charge in [-0.15, -0.1) is 0 Å². The number of rotatable bonds is 6. The second kappa shape index (κ2) is 7.27. The van der Waals surface area contributed by atoms with Gasteiger partial charge in [-0.1, -0.05) is 13.3 Å². The SMILES string of the molecule is CCCCN1CCN(CC(=O)OCC)C(=O)C1. The molecule has 0 unspecified atom stereocenters. The standard InChI is InChI=1S/C12H22N2O3/c1-3-5-6-13-7-8-14(11(15)9-13)10-12(16)17-4-2/h3-10H2,1-2H3. The molecule has 0 N–H and O–H groups in total. The number of hydrogen-bond acceptors (Lipinski definition) is 4. The van der Waals surface area contributed by atoms with E-state index in [1.54, 1.807) is 11.8 Å². The first kappa shape index (κ1) is 14.0. The molecule has 1 aliphatic rings. The molecular formula is C12H22N2O3. The predicted octanol–water partition coefficient (Wildman–Crippen LogP) is 0.494. The smallest absolute Gasteiger partial charge is 0.325 e. The maximum atomic E-state index is 11.8. The van der Waals surface area contributed by atoms with Crippen LogP contribution in [0.4, 0.5) is 0 Å². The van der Waals surface area contributed by atoms with Crippen molar-refractivity contribution in [1.82, 2.24) is 9.80 Å². The van der Waals surface area contributed by atoms with Gasteiger partial charge < -0.3 is 9.64 Å². The minimum Gasteiger partial charge on any atom is -0.465 e. The topological polar surface area (TPSA) is 49.9 Å². The second-order valence-corrected chi connectivity index (χ2v) is 4.25. The van der Waals surface area contributed by atoms with Gasteiger partial charge in [0.05, 0.1) is 13.2 Å². The van der Waals surface area contributed by atoms with Gasteiger partial charge in [-0.3, -0.25) is 14.5 Å². The van der Waals surface area contributed by atoms with Crippen LogP contribution in [0.2, 0.25) is 0 Å². The molecule has 1 fully saturated rings. The molecule has 0 aliphatic carbocycles. The highest BCUT2D eigenvalue weighted by Crippen LogP contribution is 2.05. The van der Waals surface area contributed by atoms with Gasteiger partial charge in [0.15, 0.2) is 0 Å². The number of hydrogen-bond donors (Lipinski definition) is 0. The highest BCUT2D eigenvalue weighted by Gasteiger charge is 2.25. The lowest BCUT2D eigenvalue weighted by molar-refractivity contribution is -0.151. The number of esters is 1. The second-order valence-electron chi connectivity index (χ2n) is 4.25. The molecule has 5 heteroatoms. The molecule has 0 aromatic rings. The number of ether oxygens (including phenoxy) is 1. The Kier molecular flexibility index (Phi) is 5.97. The molecule has 0 aromatic carbocycles. The Hall–Kier alpha value is -1.10. The number of amides is 1. The quantitative estimate of drug-likeness (QED) is 0.636. The van der Waals surface area contributed by atoms with E-state index in [2.05, 4.69) is 11.8 Å². The van der Waals surface area contributed by atoms with E-state index in [1.165, 1.54) is 0 Å². The number of carbonyl (C=O) groups excluding carboxylic acids is 2. The van der Waals surface area contributed by atoms with E-state index in [9.17, 15) is 9.59 Å². The Balaban J connectivity index is 2.32. The van der Waals surface area contributed by atoms with E-state index in [0.717, 1.165) is 25.9 Å². The highest BCUT2D eigenvalue weighted by molar-refractivity contribution is 5.83. The van der Waals surface area contributed by atoms with Gasteiger partial charge in [0.2, 0.25) is 5.91 Å². The Morgan fingerprint density at radius 3 is 2.71 bits per heavy atom. The number of piperazine rings is 1. The van der Waals surface area contributed by atoms with Crippen LogP contribution in [0.25, 0.3) is 0 Å². The average molecular weight is 242 g/mol. The van der Waals surface area contributed by atoms with Gasteiger partial charge >= 0.3 is 5.97 Å². The van der Waals surface area contributed by atoms with Gasteiger partial charge in [0.25, 0.3) is 0 Å². The first-order valence-electron chi connectivity index (χ1n) is 6.33. The maximum Gasteiger partial charge on any atom is 0.325 e. The fourth-order valence-electron chi connectivity index (χ4n) is 1.86. The number of carbonyl (C=O) groups is 2. The Morgan fingerprint density at radius 2 is 2.12 bits per heavy atom. The zero-order valence-corrected chi connectivity index (χ0v) is 10.8. The van der Waals surface area contributed by atoms with Crippen LogP contribution in [0.5, 0.6) is 0 Å². The number of nitrogens with zero attached hydrogens (tertiary/aromatic N) is 2.